The van der Waals surface area contributed by atoms with Crippen LogP contribution in [0.25, 0.3) is 0 Å². The van der Waals surface area contributed by atoms with Crippen molar-refractivity contribution in [1.82, 2.24) is 4.90 Å². The molecule has 0 aromatic heterocycles. The summed E-state index contributed by atoms with van der Waals surface area (Å²) in [4.78, 5) is 2.68. The zero-order valence-corrected chi connectivity index (χ0v) is 14.6. The Hall–Kier alpha value is -2.31. The fraction of sp³-hybridized carbons (Fsp3) is 0.409. The van der Waals surface area contributed by atoms with Crippen molar-refractivity contribution < 1.29 is 4.74 Å². The van der Waals surface area contributed by atoms with E-state index < -0.39 is 0 Å². The summed E-state index contributed by atoms with van der Waals surface area (Å²) in [5, 5.41) is 8.86. The van der Waals surface area contributed by atoms with Crippen LogP contribution in [0.2, 0.25) is 0 Å². The van der Waals surface area contributed by atoms with E-state index in [1.165, 1.54) is 43.5 Å². The van der Waals surface area contributed by atoms with Crippen LogP contribution in [0, 0.1) is 11.3 Å². The molecule has 1 heterocycles. The van der Waals surface area contributed by atoms with Crippen molar-refractivity contribution in [3.05, 3.63) is 64.7 Å². The van der Waals surface area contributed by atoms with Crippen LogP contribution in [0.3, 0.4) is 0 Å². The van der Waals surface area contributed by atoms with E-state index >= 15 is 0 Å². The van der Waals surface area contributed by atoms with E-state index in [1.54, 1.807) is 0 Å². The molecule has 0 amide bonds. The average Bonchev–Trinajstić information content (AvgIpc) is 2.81. The van der Waals surface area contributed by atoms with Crippen LogP contribution in [0.5, 0.6) is 5.75 Å². The Balaban J connectivity index is 1.39. The number of nitriles is 1. The Bertz CT molecular complexity index is 772. The molecule has 2 aromatic carbocycles. The first-order valence-electron chi connectivity index (χ1n) is 9.29. The fourth-order valence-electron chi connectivity index (χ4n) is 3.77. The summed E-state index contributed by atoms with van der Waals surface area (Å²) < 4.78 is 5.98. The van der Waals surface area contributed by atoms with E-state index in [4.69, 9.17) is 10.00 Å². The summed E-state index contributed by atoms with van der Waals surface area (Å²) in [5.41, 5.74) is 4.70. The number of benzene rings is 2. The summed E-state index contributed by atoms with van der Waals surface area (Å²) in [7, 11) is 0. The van der Waals surface area contributed by atoms with Gasteiger partial charge in [-0.15, -0.1) is 0 Å². The standard InChI is InChI=1S/C22H24N2O/c23-15-17-4-6-18(7-5-17)16-25-22-9-8-19-10-12-24(21-2-1-3-21)13-11-20(19)14-22/h4-9,14,21H,1-3,10-13,16H2. The molecule has 0 radical (unpaired) electrons. The molecule has 0 bridgehead atoms. The van der Waals surface area contributed by atoms with E-state index in [-0.39, 0.29) is 0 Å². The molecule has 0 saturated heterocycles. The van der Waals surface area contributed by atoms with Crippen LogP contribution in [0.1, 0.15) is 41.5 Å². The highest BCUT2D eigenvalue weighted by Crippen LogP contribution is 2.28. The second kappa shape index (κ2) is 7.29. The van der Waals surface area contributed by atoms with E-state index in [0.717, 1.165) is 30.2 Å². The Kier molecular flexibility index (Phi) is 4.72. The molecule has 1 saturated carbocycles. The molecule has 0 unspecified atom stereocenters. The van der Waals surface area contributed by atoms with Gasteiger partial charge < -0.3 is 4.74 Å². The van der Waals surface area contributed by atoms with Crippen molar-refractivity contribution >= 4 is 0 Å². The zero-order chi connectivity index (χ0) is 17.1. The molecule has 1 aliphatic heterocycles. The van der Waals surface area contributed by atoms with Gasteiger partial charge >= 0.3 is 0 Å². The van der Waals surface area contributed by atoms with Crippen molar-refractivity contribution in [1.29, 1.82) is 5.26 Å². The molecule has 1 fully saturated rings. The summed E-state index contributed by atoms with van der Waals surface area (Å²) in [5.74, 6) is 0.945. The Morgan fingerprint density at radius 1 is 1.00 bits per heavy atom. The first-order chi connectivity index (χ1) is 12.3. The number of fused-ring (bicyclic) bond motifs is 1. The number of nitrogens with zero attached hydrogens (tertiary/aromatic N) is 2. The highest BCUT2D eigenvalue weighted by atomic mass is 16.5. The third kappa shape index (κ3) is 3.70. The Labute approximate surface area is 149 Å². The minimum atomic E-state index is 0.540. The third-order valence-corrected chi connectivity index (χ3v) is 5.59. The van der Waals surface area contributed by atoms with Gasteiger partial charge in [0.1, 0.15) is 12.4 Å². The maximum Gasteiger partial charge on any atom is 0.120 e. The maximum absolute atomic E-state index is 8.86. The Morgan fingerprint density at radius 2 is 1.76 bits per heavy atom. The van der Waals surface area contributed by atoms with Gasteiger partial charge in [-0.2, -0.15) is 5.26 Å². The highest BCUT2D eigenvalue weighted by Gasteiger charge is 2.26. The van der Waals surface area contributed by atoms with E-state index in [2.05, 4.69) is 29.2 Å². The van der Waals surface area contributed by atoms with Crippen molar-refractivity contribution in [3.63, 3.8) is 0 Å². The molecule has 0 N–H and O–H groups in total. The minimum Gasteiger partial charge on any atom is -0.489 e. The lowest BCUT2D eigenvalue weighted by atomic mass is 9.91. The molecule has 128 valence electrons. The molecule has 3 heteroatoms. The quantitative estimate of drug-likeness (QED) is 0.846. The molecule has 25 heavy (non-hydrogen) atoms. The van der Waals surface area contributed by atoms with Crippen LogP contribution in [-0.4, -0.2) is 24.0 Å². The topological polar surface area (TPSA) is 36.3 Å². The second-order valence-corrected chi connectivity index (χ2v) is 7.15. The largest absolute Gasteiger partial charge is 0.489 e. The van der Waals surface area contributed by atoms with Crippen LogP contribution < -0.4 is 4.74 Å². The van der Waals surface area contributed by atoms with Crippen LogP contribution in [-0.2, 0) is 19.4 Å². The normalized spacial score (nSPS) is 17.9. The number of ether oxygens (including phenoxy) is 1. The number of hydrogen-bond donors (Lipinski definition) is 0. The van der Waals surface area contributed by atoms with Gasteiger partial charge in [0.15, 0.2) is 0 Å². The van der Waals surface area contributed by atoms with Crippen LogP contribution in [0.15, 0.2) is 42.5 Å². The number of hydrogen-bond acceptors (Lipinski definition) is 3. The van der Waals surface area contributed by atoms with Gasteiger partial charge in [0.05, 0.1) is 11.6 Å². The zero-order valence-electron chi connectivity index (χ0n) is 14.6. The molecule has 4 rings (SSSR count). The molecule has 3 nitrogen and oxygen atoms in total. The van der Waals surface area contributed by atoms with Gasteiger partial charge in [-0.1, -0.05) is 24.6 Å². The van der Waals surface area contributed by atoms with Gasteiger partial charge in [-0.25, -0.2) is 0 Å². The summed E-state index contributed by atoms with van der Waals surface area (Å²) >= 11 is 0. The van der Waals surface area contributed by atoms with Gasteiger partial charge in [0, 0.05) is 19.1 Å². The van der Waals surface area contributed by atoms with Crippen molar-refractivity contribution in [2.45, 2.75) is 44.8 Å². The molecule has 1 aliphatic carbocycles. The molecule has 2 aromatic rings. The summed E-state index contributed by atoms with van der Waals surface area (Å²) in [6.07, 6.45) is 6.45. The molecule has 2 aliphatic rings. The monoisotopic (exact) mass is 332 g/mol. The van der Waals surface area contributed by atoms with Gasteiger partial charge in [0.2, 0.25) is 0 Å². The lowest BCUT2D eigenvalue weighted by molar-refractivity contribution is 0.133. The predicted octanol–water partition coefficient (Wildman–Crippen LogP) is 4.09. The third-order valence-electron chi connectivity index (χ3n) is 5.59. The van der Waals surface area contributed by atoms with E-state index in [0.29, 0.717) is 12.2 Å². The lowest BCUT2D eigenvalue weighted by Crippen LogP contribution is -2.41. The van der Waals surface area contributed by atoms with Crippen molar-refractivity contribution in [2.75, 3.05) is 13.1 Å². The molecule has 0 spiro atoms. The smallest absolute Gasteiger partial charge is 0.120 e. The maximum atomic E-state index is 8.86. The Morgan fingerprint density at radius 3 is 2.44 bits per heavy atom. The number of rotatable bonds is 4. The van der Waals surface area contributed by atoms with Crippen molar-refractivity contribution in [3.8, 4) is 11.8 Å². The second-order valence-electron chi connectivity index (χ2n) is 7.15. The highest BCUT2D eigenvalue weighted by molar-refractivity contribution is 5.37. The SMILES string of the molecule is N#Cc1ccc(COc2ccc3c(c2)CCN(C2CCC2)CC3)cc1. The van der Waals surface area contributed by atoms with Gasteiger partial charge in [0.25, 0.3) is 0 Å². The van der Waals surface area contributed by atoms with E-state index in [9.17, 15) is 0 Å². The predicted molar refractivity (Wildman–Crippen MR) is 98.6 cm³/mol. The fourth-order valence-corrected chi connectivity index (χ4v) is 3.77. The summed E-state index contributed by atoms with van der Waals surface area (Å²) in [6.45, 7) is 2.92. The first-order valence-corrected chi connectivity index (χ1v) is 9.29. The summed E-state index contributed by atoms with van der Waals surface area (Å²) in [6, 6.07) is 17.1. The minimum absolute atomic E-state index is 0.540. The molecule has 0 atom stereocenters. The molecular weight excluding hydrogens is 308 g/mol. The van der Waals surface area contributed by atoms with Crippen LogP contribution in [0.4, 0.5) is 0 Å². The van der Waals surface area contributed by atoms with E-state index in [1.807, 2.05) is 24.3 Å². The lowest BCUT2D eigenvalue weighted by Gasteiger charge is -2.36. The molecular formula is C22H24N2O. The first kappa shape index (κ1) is 16.2. The average molecular weight is 332 g/mol. The van der Waals surface area contributed by atoms with Crippen molar-refractivity contribution in [2.24, 2.45) is 0 Å². The van der Waals surface area contributed by atoms with Gasteiger partial charge in [-0.3, -0.25) is 4.90 Å². The van der Waals surface area contributed by atoms with Gasteiger partial charge in [-0.05, 0) is 66.6 Å². The van der Waals surface area contributed by atoms with Crippen LogP contribution >= 0.6 is 0 Å².